The van der Waals surface area contributed by atoms with Crippen molar-refractivity contribution in [2.24, 2.45) is 0 Å². The Kier molecular flexibility index (Phi) is 6.92. The van der Waals surface area contributed by atoms with Gasteiger partial charge in [-0.05, 0) is 37.3 Å². The number of rotatable bonds is 6. The number of ether oxygens (including phenoxy) is 2. The molecule has 0 spiro atoms. The Bertz CT molecular complexity index is 1030. The van der Waals surface area contributed by atoms with Crippen LogP contribution in [0.15, 0.2) is 42.5 Å². The van der Waals surface area contributed by atoms with Crippen molar-refractivity contribution < 1.29 is 32.6 Å². The summed E-state index contributed by atoms with van der Waals surface area (Å²) in [4.78, 5) is 40.8. The molecule has 1 aliphatic heterocycles. The molecule has 1 N–H and O–H groups in total. The van der Waals surface area contributed by atoms with Crippen LogP contribution in [-0.4, -0.2) is 56.0 Å². The summed E-state index contributed by atoms with van der Waals surface area (Å²) in [7, 11) is 2.72. The minimum atomic E-state index is -3.04. The average molecular weight is 447 g/mol. The van der Waals surface area contributed by atoms with Gasteiger partial charge in [0.15, 0.2) is 11.5 Å². The predicted molar refractivity (Wildman–Crippen MR) is 113 cm³/mol. The van der Waals surface area contributed by atoms with E-state index < -0.39 is 18.6 Å². The first kappa shape index (κ1) is 23.0. The van der Waals surface area contributed by atoms with Gasteiger partial charge in [-0.3, -0.25) is 14.4 Å². The third-order valence-electron chi connectivity index (χ3n) is 4.97. The van der Waals surface area contributed by atoms with Gasteiger partial charge in [-0.15, -0.1) is 0 Å². The van der Waals surface area contributed by atoms with E-state index in [2.05, 4.69) is 10.1 Å². The second kappa shape index (κ2) is 9.63. The third-order valence-corrected chi connectivity index (χ3v) is 4.97. The molecule has 0 radical (unpaired) electrons. The first-order valence-corrected chi connectivity index (χ1v) is 9.80. The maximum atomic E-state index is 13.1. The molecular formula is C22H23F2N3O5. The van der Waals surface area contributed by atoms with Crippen molar-refractivity contribution in [1.29, 1.82) is 0 Å². The van der Waals surface area contributed by atoms with E-state index in [9.17, 15) is 23.2 Å². The molecule has 3 amide bonds. The van der Waals surface area contributed by atoms with Gasteiger partial charge in [-0.2, -0.15) is 8.78 Å². The normalized spacial score (nSPS) is 15.5. The molecule has 8 nitrogen and oxygen atoms in total. The Labute approximate surface area is 183 Å². The van der Waals surface area contributed by atoms with Crippen LogP contribution >= 0.6 is 0 Å². The molecule has 2 aromatic rings. The molecule has 2 aromatic carbocycles. The Morgan fingerprint density at radius 1 is 1.22 bits per heavy atom. The number of amides is 3. The summed E-state index contributed by atoms with van der Waals surface area (Å²) in [6.07, 6.45) is 0.112. The first-order valence-electron chi connectivity index (χ1n) is 9.80. The Hall–Kier alpha value is -3.69. The summed E-state index contributed by atoms with van der Waals surface area (Å²) >= 11 is 0. The van der Waals surface area contributed by atoms with Gasteiger partial charge in [-0.25, -0.2) is 0 Å². The first-order chi connectivity index (χ1) is 15.2. The quantitative estimate of drug-likeness (QED) is 0.735. The molecule has 1 heterocycles. The van der Waals surface area contributed by atoms with E-state index in [0.717, 1.165) is 0 Å². The summed E-state index contributed by atoms with van der Waals surface area (Å²) in [5, 5.41) is 2.78. The number of nitrogens with zero attached hydrogens (tertiary/aromatic N) is 2. The SMILES string of the molecule is COc1cc(C(=O)N(C)CC(=O)N2c3ccccc3NC(=O)C[C@@H]2C)ccc1OC(F)F. The van der Waals surface area contributed by atoms with Crippen LogP contribution < -0.4 is 19.7 Å². The van der Waals surface area contributed by atoms with Crippen LogP contribution in [0.1, 0.15) is 23.7 Å². The highest BCUT2D eigenvalue weighted by molar-refractivity contribution is 6.06. The molecule has 1 aliphatic rings. The van der Waals surface area contributed by atoms with Crippen LogP contribution in [0.5, 0.6) is 11.5 Å². The van der Waals surface area contributed by atoms with E-state index >= 15 is 0 Å². The monoisotopic (exact) mass is 447 g/mol. The fraction of sp³-hybridized carbons (Fsp3) is 0.318. The Morgan fingerprint density at radius 3 is 2.62 bits per heavy atom. The number of para-hydroxylation sites is 2. The molecule has 0 bridgehead atoms. The van der Waals surface area contributed by atoms with Crippen molar-refractivity contribution in [1.82, 2.24) is 4.90 Å². The van der Waals surface area contributed by atoms with Crippen molar-refractivity contribution in [3.63, 3.8) is 0 Å². The topological polar surface area (TPSA) is 88.2 Å². The van der Waals surface area contributed by atoms with Gasteiger partial charge in [0.25, 0.3) is 5.91 Å². The predicted octanol–water partition coefficient (Wildman–Crippen LogP) is 3.13. The second-order valence-electron chi connectivity index (χ2n) is 7.29. The van der Waals surface area contributed by atoms with Crippen molar-refractivity contribution in [2.45, 2.75) is 26.0 Å². The smallest absolute Gasteiger partial charge is 0.387 e. The zero-order valence-electron chi connectivity index (χ0n) is 17.8. The zero-order valence-corrected chi connectivity index (χ0v) is 17.8. The van der Waals surface area contributed by atoms with E-state index in [1.54, 1.807) is 31.2 Å². The average Bonchev–Trinajstić information content (AvgIpc) is 2.87. The molecule has 3 rings (SSSR count). The molecule has 0 unspecified atom stereocenters. The summed E-state index contributed by atoms with van der Waals surface area (Å²) in [5.41, 5.74) is 1.20. The van der Waals surface area contributed by atoms with Crippen LogP contribution in [0, 0.1) is 0 Å². The Morgan fingerprint density at radius 2 is 1.94 bits per heavy atom. The maximum Gasteiger partial charge on any atom is 0.387 e. The van der Waals surface area contributed by atoms with E-state index in [0.29, 0.717) is 11.4 Å². The number of halogens is 2. The molecular weight excluding hydrogens is 424 g/mol. The van der Waals surface area contributed by atoms with Crippen LogP contribution in [0.4, 0.5) is 20.2 Å². The van der Waals surface area contributed by atoms with Gasteiger partial charge in [0.05, 0.1) is 18.5 Å². The molecule has 0 fully saturated rings. The molecule has 32 heavy (non-hydrogen) atoms. The van der Waals surface area contributed by atoms with Crippen molar-refractivity contribution in [2.75, 3.05) is 30.9 Å². The number of likely N-dealkylation sites (N-methyl/N-ethyl adjacent to an activating group) is 1. The number of hydrogen-bond donors (Lipinski definition) is 1. The number of benzene rings is 2. The van der Waals surface area contributed by atoms with Gasteiger partial charge in [0.1, 0.15) is 6.54 Å². The summed E-state index contributed by atoms with van der Waals surface area (Å²) in [6.45, 7) is -1.54. The molecule has 0 aromatic heterocycles. The highest BCUT2D eigenvalue weighted by Gasteiger charge is 2.30. The Balaban J connectivity index is 1.79. The highest BCUT2D eigenvalue weighted by atomic mass is 19.3. The fourth-order valence-corrected chi connectivity index (χ4v) is 3.53. The lowest BCUT2D eigenvalue weighted by atomic mass is 10.1. The highest BCUT2D eigenvalue weighted by Crippen LogP contribution is 2.32. The number of alkyl halides is 2. The molecule has 0 saturated carbocycles. The summed E-state index contributed by atoms with van der Waals surface area (Å²) in [6, 6.07) is 10.3. The van der Waals surface area contributed by atoms with Crippen molar-refractivity contribution in [3.05, 3.63) is 48.0 Å². The molecule has 0 aliphatic carbocycles. The van der Waals surface area contributed by atoms with Gasteiger partial charge in [0.2, 0.25) is 11.8 Å². The molecule has 1 atom stereocenters. The molecule has 0 saturated heterocycles. The fourth-order valence-electron chi connectivity index (χ4n) is 3.53. The van der Waals surface area contributed by atoms with Gasteiger partial charge in [-0.1, -0.05) is 12.1 Å². The minimum absolute atomic E-state index is 0.0319. The lowest BCUT2D eigenvalue weighted by Gasteiger charge is -2.29. The number of carbonyl (C=O) groups excluding carboxylic acids is 3. The number of carbonyl (C=O) groups is 3. The van der Waals surface area contributed by atoms with Crippen molar-refractivity contribution >= 4 is 29.1 Å². The van der Waals surface area contributed by atoms with E-state index in [4.69, 9.17) is 4.74 Å². The molecule has 170 valence electrons. The van der Waals surface area contributed by atoms with Gasteiger partial charge >= 0.3 is 6.61 Å². The van der Waals surface area contributed by atoms with Crippen LogP contribution in [0.2, 0.25) is 0 Å². The van der Waals surface area contributed by atoms with Gasteiger partial charge in [0, 0.05) is 25.1 Å². The van der Waals surface area contributed by atoms with Crippen LogP contribution in [-0.2, 0) is 9.59 Å². The lowest BCUT2D eigenvalue weighted by molar-refractivity contribution is -0.119. The number of methoxy groups -OCH3 is 1. The number of fused-ring (bicyclic) bond motifs is 1. The van der Waals surface area contributed by atoms with E-state index in [1.807, 2.05) is 0 Å². The number of anilines is 2. The maximum absolute atomic E-state index is 13.1. The van der Waals surface area contributed by atoms with E-state index in [1.165, 1.54) is 42.2 Å². The van der Waals surface area contributed by atoms with Crippen molar-refractivity contribution in [3.8, 4) is 11.5 Å². The molecule has 10 heteroatoms. The largest absolute Gasteiger partial charge is 0.493 e. The van der Waals surface area contributed by atoms with E-state index in [-0.39, 0.29) is 41.8 Å². The summed E-state index contributed by atoms with van der Waals surface area (Å²) < 4.78 is 34.4. The standard InChI is InChI=1S/C22H23F2N3O5/c1-13-10-19(28)25-15-6-4-5-7-16(15)27(13)20(29)12-26(2)21(30)14-8-9-17(32-22(23)24)18(11-14)31-3/h4-9,11,13,22H,10,12H2,1-3H3,(H,25,28)/t13-/m0/s1. The zero-order chi connectivity index (χ0) is 23.4. The summed E-state index contributed by atoms with van der Waals surface area (Å²) in [5.74, 6) is -1.32. The van der Waals surface area contributed by atoms with Crippen LogP contribution in [0.25, 0.3) is 0 Å². The second-order valence-corrected chi connectivity index (χ2v) is 7.29. The van der Waals surface area contributed by atoms with Gasteiger partial charge < -0.3 is 24.6 Å². The van der Waals surface area contributed by atoms with Crippen LogP contribution in [0.3, 0.4) is 0 Å². The third kappa shape index (κ3) is 4.96. The number of hydrogen-bond acceptors (Lipinski definition) is 5. The lowest BCUT2D eigenvalue weighted by Crippen LogP contribution is -2.45. The number of nitrogens with one attached hydrogen (secondary N) is 1. The minimum Gasteiger partial charge on any atom is -0.493 e.